The molecule has 0 radical (unpaired) electrons. The van der Waals surface area contributed by atoms with E-state index in [1.54, 1.807) is 0 Å². The van der Waals surface area contributed by atoms with E-state index in [1.807, 2.05) is 30.3 Å². The number of amides is 1. The van der Waals surface area contributed by atoms with Gasteiger partial charge in [0.15, 0.2) is 0 Å². The van der Waals surface area contributed by atoms with E-state index in [1.165, 1.54) is 14.2 Å². The highest BCUT2D eigenvalue weighted by molar-refractivity contribution is 5.91. The van der Waals surface area contributed by atoms with Gasteiger partial charge < -0.3 is 14.8 Å². The Morgan fingerprint density at radius 2 is 1.82 bits per heavy atom. The summed E-state index contributed by atoms with van der Waals surface area (Å²) in [6, 6.07) is 8.67. The Hall–Kier alpha value is -2.37. The van der Waals surface area contributed by atoms with Crippen LogP contribution in [0.15, 0.2) is 30.3 Å². The van der Waals surface area contributed by atoms with Crippen LogP contribution in [0, 0.1) is 11.8 Å². The van der Waals surface area contributed by atoms with Crippen molar-refractivity contribution in [3.8, 4) is 0 Å². The van der Waals surface area contributed by atoms with Gasteiger partial charge in [-0.2, -0.15) is 0 Å². The number of methoxy groups -OCH3 is 2. The second-order valence-electron chi connectivity index (χ2n) is 5.25. The second kappa shape index (κ2) is 7.06. The third kappa shape index (κ3) is 3.44. The van der Waals surface area contributed by atoms with Gasteiger partial charge in [-0.25, -0.2) is 4.79 Å². The van der Waals surface area contributed by atoms with E-state index in [9.17, 15) is 14.4 Å². The molecule has 1 fully saturated rings. The van der Waals surface area contributed by atoms with Crippen molar-refractivity contribution in [2.45, 2.75) is 18.9 Å². The molecule has 118 valence electrons. The van der Waals surface area contributed by atoms with Crippen LogP contribution in [0.1, 0.15) is 12.0 Å². The van der Waals surface area contributed by atoms with E-state index < -0.39 is 29.8 Å². The topological polar surface area (TPSA) is 81.7 Å². The summed E-state index contributed by atoms with van der Waals surface area (Å²) in [4.78, 5) is 35.7. The number of nitrogens with one attached hydrogen (secondary N) is 1. The lowest BCUT2D eigenvalue weighted by Gasteiger charge is -2.20. The number of ether oxygens (including phenoxy) is 2. The molecule has 1 saturated heterocycles. The van der Waals surface area contributed by atoms with Crippen molar-refractivity contribution in [1.82, 2.24) is 5.32 Å². The lowest BCUT2D eigenvalue weighted by molar-refractivity contribution is -0.146. The quantitative estimate of drug-likeness (QED) is 0.810. The zero-order valence-electron chi connectivity index (χ0n) is 12.6. The molecule has 22 heavy (non-hydrogen) atoms. The fourth-order valence-electron chi connectivity index (χ4n) is 2.80. The van der Waals surface area contributed by atoms with Crippen LogP contribution in [0.3, 0.4) is 0 Å². The van der Waals surface area contributed by atoms with Crippen LogP contribution in [0.5, 0.6) is 0 Å². The fourth-order valence-corrected chi connectivity index (χ4v) is 2.80. The van der Waals surface area contributed by atoms with Crippen molar-refractivity contribution in [2.24, 2.45) is 11.8 Å². The highest BCUT2D eigenvalue weighted by atomic mass is 16.5. The molecule has 6 heteroatoms. The molecule has 6 nitrogen and oxygen atoms in total. The maximum Gasteiger partial charge on any atom is 0.328 e. The lowest BCUT2D eigenvalue weighted by Crippen LogP contribution is -2.38. The number of benzene rings is 1. The van der Waals surface area contributed by atoms with E-state index in [2.05, 4.69) is 10.1 Å². The molecule has 0 bridgehead atoms. The molecule has 0 saturated carbocycles. The first-order chi connectivity index (χ1) is 10.6. The summed E-state index contributed by atoms with van der Waals surface area (Å²) < 4.78 is 9.40. The number of hydrogen-bond donors (Lipinski definition) is 1. The van der Waals surface area contributed by atoms with E-state index >= 15 is 0 Å². The second-order valence-corrected chi connectivity index (χ2v) is 5.25. The Labute approximate surface area is 128 Å². The summed E-state index contributed by atoms with van der Waals surface area (Å²) in [6.07, 6.45) is 0.453. The zero-order valence-corrected chi connectivity index (χ0v) is 12.6. The molecule has 0 spiro atoms. The van der Waals surface area contributed by atoms with Crippen molar-refractivity contribution in [2.75, 3.05) is 14.2 Å². The fraction of sp³-hybridized carbons (Fsp3) is 0.438. The minimum atomic E-state index is -0.815. The number of esters is 2. The number of hydrogen-bond acceptors (Lipinski definition) is 5. The van der Waals surface area contributed by atoms with Gasteiger partial charge in [-0.3, -0.25) is 9.59 Å². The summed E-state index contributed by atoms with van der Waals surface area (Å²) >= 11 is 0. The minimum absolute atomic E-state index is 0.00743. The van der Waals surface area contributed by atoms with E-state index in [-0.39, 0.29) is 12.3 Å². The summed E-state index contributed by atoms with van der Waals surface area (Å²) in [6.45, 7) is 0. The molecule has 0 unspecified atom stereocenters. The molecular weight excluding hydrogens is 286 g/mol. The molecule has 1 aliphatic heterocycles. The SMILES string of the molecule is COC(=O)C[C@H]1[C@H](Cc2ccccc2)C(=O)N[C@@H]1C(=O)OC. The first-order valence-corrected chi connectivity index (χ1v) is 7.05. The van der Waals surface area contributed by atoms with Crippen LogP contribution in [0.25, 0.3) is 0 Å². The molecule has 1 aromatic carbocycles. The number of carbonyl (C=O) groups excluding carboxylic acids is 3. The standard InChI is InChI=1S/C16H19NO5/c1-21-13(18)9-11-12(8-10-6-4-3-5-7-10)15(19)17-14(11)16(20)22-2/h3-7,11-12,14H,8-9H2,1-2H3,(H,17,19)/t11-,12-,14-/m0/s1. The molecular formula is C16H19NO5. The van der Waals surface area contributed by atoms with Gasteiger partial charge >= 0.3 is 11.9 Å². The molecule has 1 amide bonds. The van der Waals surface area contributed by atoms with E-state index in [4.69, 9.17) is 4.74 Å². The molecule has 1 aliphatic rings. The van der Waals surface area contributed by atoms with Crippen LogP contribution in [-0.2, 0) is 30.3 Å². The monoisotopic (exact) mass is 305 g/mol. The van der Waals surface area contributed by atoms with Crippen LogP contribution in [0.4, 0.5) is 0 Å². The summed E-state index contributed by atoms with van der Waals surface area (Å²) in [5, 5.41) is 2.63. The minimum Gasteiger partial charge on any atom is -0.469 e. The van der Waals surface area contributed by atoms with Gasteiger partial charge in [-0.15, -0.1) is 0 Å². The molecule has 1 aromatic rings. The highest BCUT2D eigenvalue weighted by Crippen LogP contribution is 2.31. The maximum atomic E-state index is 12.2. The Morgan fingerprint density at radius 1 is 1.14 bits per heavy atom. The lowest BCUT2D eigenvalue weighted by atomic mass is 9.83. The van der Waals surface area contributed by atoms with Gasteiger partial charge in [0.05, 0.1) is 20.6 Å². The molecule has 0 aliphatic carbocycles. The third-order valence-corrected chi connectivity index (χ3v) is 3.96. The summed E-state index contributed by atoms with van der Waals surface area (Å²) in [5.74, 6) is -2.18. The average Bonchev–Trinajstić information content (AvgIpc) is 2.84. The Kier molecular flexibility index (Phi) is 5.14. The van der Waals surface area contributed by atoms with Crippen LogP contribution in [-0.4, -0.2) is 38.1 Å². The number of carbonyl (C=O) groups is 3. The predicted molar refractivity (Wildman–Crippen MR) is 77.7 cm³/mol. The van der Waals surface area contributed by atoms with Gasteiger partial charge in [0.25, 0.3) is 0 Å². The number of rotatable bonds is 5. The molecule has 0 aromatic heterocycles. The highest BCUT2D eigenvalue weighted by Gasteiger charge is 2.47. The van der Waals surface area contributed by atoms with Crippen LogP contribution >= 0.6 is 0 Å². The average molecular weight is 305 g/mol. The van der Waals surface area contributed by atoms with Gasteiger partial charge in [0.1, 0.15) is 6.04 Å². The van der Waals surface area contributed by atoms with E-state index in [0.717, 1.165) is 5.56 Å². The molecule has 1 heterocycles. The Balaban J connectivity index is 2.22. The van der Waals surface area contributed by atoms with Gasteiger partial charge in [-0.1, -0.05) is 30.3 Å². The van der Waals surface area contributed by atoms with Crippen molar-refractivity contribution < 1.29 is 23.9 Å². The first kappa shape index (κ1) is 16.0. The Morgan fingerprint density at radius 3 is 2.41 bits per heavy atom. The maximum absolute atomic E-state index is 12.2. The summed E-state index contributed by atoms with van der Waals surface area (Å²) in [7, 11) is 2.54. The Bertz CT molecular complexity index is 557. The predicted octanol–water partition coefficient (Wildman–Crippen LogP) is 0.696. The van der Waals surface area contributed by atoms with Crippen LogP contribution in [0.2, 0.25) is 0 Å². The first-order valence-electron chi connectivity index (χ1n) is 7.05. The molecule has 1 N–H and O–H groups in total. The largest absolute Gasteiger partial charge is 0.469 e. The molecule has 3 atom stereocenters. The summed E-state index contributed by atoms with van der Waals surface area (Å²) in [5.41, 5.74) is 0.975. The van der Waals surface area contributed by atoms with Crippen molar-refractivity contribution in [3.63, 3.8) is 0 Å². The van der Waals surface area contributed by atoms with Crippen LogP contribution < -0.4 is 5.32 Å². The molecule has 2 rings (SSSR count). The van der Waals surface area contributed by atoms with E-state index in [0.29, 0.717) is 6.42 Å². The van der Waals surface area contributed by atoms with Gasteiger partial charge in [0.2, 0.25) is 5.91 Å². The van der Waals surface area contributed by atoms with Gasteiger partial charge in [-0.05, 0) is 12.0 Å². The van der Waals surface area contributed by atoms with Crippen molar-refractivity contribution in [1.29, 1.82) is 0 Å². The normalized spacial score (nSPS) is 23.7. The smallest absolute Gasteiger partial charge is 0.328 e. The van der Waals surface area contributed by atoms with Crippen molar-refractivity contribution >= 4 is 17.8 Å². The van der Waals surface area contributed by atoms with Crippen molar-refractivity contribution in [3.05, 3.63) is 35.9 Å². The zero-order chi connectivity index (χ0) is 16.1. The van der Waals surface area contributed by atoms with Gasteiger partial charge in [0, 0.05) is 11.8 Å². The third-order valence-electron chi connectivity index (χ3n) is 3.96.